The Morgan fingerprint density at radius 2 is 1.93 bits per heavy atom. The number of aromatic nitrogens is 1. The van der Waals surface area contributed by atoms with Crippen LogP contribution in [-0.2, 0) is 4.79 Å². The van der Waals surface area contributed by atoms with Crippen LogP contribution < -0.4 is 14.8 Å². The van der Waals surface area contributed by atoms with E-state index in [0.717, 1.165) is 22.6 Å². The second-order valence-electron chi connectivity index (χ2n) is 6.17. The van der Waals surface area contributed by atoms with Crippen molar-refractivity contribution < 1.29 is 14.3 Å². The van der Waals surface area contributed by atoms with Crippen molar-refractivity contribution in [1.29, 1.82) is 0 Å². The van der Waals surface area contributed by atoms with Crippen molar-refractivity contribution in [3.05, 3.63) is 59.5 Å². The second kappa shape index (κ2) is 8.68. The van der Waals surface area contributed by atoms with Gasteiger partial charge in [-0.25, -0.2) is 4.98 Å². The van der Waals surface area contributed by atoms with E-state index in [1.807, 2.05) is 60.8 Å². The van der Waals surface area contributed by atoms with Gasteiger partial charge in [0.15, 0.2) is 5.13 Å². The Balaban J connectivity index is 1.70. The van der Waals surface area contributed by atoms with E-state index in [2.05, 4.69) is 10.3 Å². The molecule has 1 aromatic heterocycles. The molecule has 27 heavy (non-hydrogen) atoms. The lowest BCUT2D eigenvalue weighted by Crippen LogP contribution is -2.14. The number of benzene rings is 2. The van der Waals surface area contributed by atoms with Gasteiger partial charge in [0.2, 0.25) is 5.91 Å². The van der Waals surface area contributed by atoms with Gasteiger partial charge in [-0.05, 0) is 29.7 Å². The number of rotatable bonds is 7. The highest BCUT2D eigenvalue weighted by atomic mass is 32.1. The van der Waals surface area contributed by atoms with E-state index in [9.17, 15) is 4.79 Å². The molecule has 140 valence electrons. The van der Waals surface area contributed by atoms with Crippen LogP contribution in [-0.4, -0.2) is 25.1 Å². The Morgan fingerprint density at radius 1 is 1.15 bits per heavy atom. The summed E-state index contributed by atoms with van der Waals surface area (Å²) in [7, 11) is 3.23. The summed E-state index contributed by atoms with van der Waals surface area (Å²) >= 11 is 1.39. The molecule has 0 aliphatic heterocycles. The predicted molar refractivity (Wildman–Crippen MR) is 109 cm³/mol. The molecule has 0 saturated carbocycles. The minimum atomic E-state index is -0.0511. The molecular weight excluding hydrogens is 360 g/mol. The average Bonchev–Trinajstić information content (AvgIpc) is 3.16. The summed E-state index contributed by atoms with van der Waals surface area (Å²) in [5.74, 6) is 1.52. The summed E-state index contributed by atoms with van der Waals surface area (Å²) < 4.78 is 10.7. The topological polar surface area (TPSA) is 60.5 Å². The summed E-state index contributed by atoms with van der Waals surface area (Å²) in [6.07, 6.45) is 0.404. The Hall–Kier alpha value is -2.86. The van der Waals surface area contributed by atoms with E-state index in [0.29, 0.717) is 17.3 Å². The molecule has 2 aromatic carbocycles. The Bertz CT molecular complexity index is 909. The van der Waals surface area contributed by atoms with Gasteiger partial charge in [-0.2, -0.15) is 0 Å². The summed E-state index contributed by atoms with van der Waals surface area (Å²) in [4.78, 5) is 16.9. The lowest BCUT2D eigenvalue weighted by Gasteiger charge is -2.11. The smallest absolute Gasteiger partial charge is 0.226 e. The van der Waals surface area contributed by atoms with Gasteiger partial charge in [-0.1, -0.05) is 37.3 Å². The molecule has 1 N–H and O–H groups in total. The van der Waals surface area contributed by atoms with Crippen LogP contribution in [0, 0.1) is 0 Å². The molecule has 1 amide bonds. The van der Waals surface area contributed by atoms with Gasteiger partial charge >= 0.3 is 0 Å². The van der Waals surface area contributed by atoms with Crippen LogP contribution in [0.15, 0.2) is 53.9 Å². The quantitative estimate of drug-likeness (QED) is 0.627. The normalized spacial score (nSPS) is 11.7. The highest BCUT2D eigenvalue weighted by molar-refractivity contribution is 7.14. The van der Waals surface area contributed by atoms with Crippen LogP contribution in [0.3, 0.4) is 0 Å². The molecule has 3 aromatic rings. The van der Waals surface area contributed by atoms with E-state index in [1.165, 1.54) is 11.3 Å². The lowest BCUT2D eigenvalue weighted by molar-refractivity contribution is -0.116. The zero-order chi connectivity index (χ0) is 19.2. The Labute approximate surface area is 163 Å². The van der Waals surface area contributed by atoms with E-state index >= 15 is 0 Å². The number of carbonyl (C=O) groups is 1. The maximum absolute atomic E-state index is 12.4. The largest absolute Gasteiger partial charge is 0.497 e. The number of methoxy groups -OCH3 is 2. The number of hydrogen-bond acceptors (Lipinski definition) is 5. The minimum Gasteiger partial charge on any atom is -0.497 e. The molecule has 0 fully saturated rings. The second-order valence-corrected chi connectivity index (χ2v) is 7.03. The number of ether oxygens (including phenoxy) is 2. The molecule has 0 spiro atoms. The predicted octanol–water partition coefficient (Wildman–Crippen LogP) is 4.96. The van der Waals surface area contributed by atoms with Crippen molar-refractivity contribution in [1.82, 2.24) is 4.98 Å². The van der Waals surface area contributed by atoms with Crippen molar-refractivity contribution in [2.24, 2.45) is 0 Å². The third-order valence-electron chi connectivity index (χ3n) is 4.29. The van der Waals surface area contributed by atoms with Gasteiger partial charge in [0.05, 0.1) is 19.9 Å². The molecule has 1 atom stereocenters. The van der Waals surface area contributed by atoms with Crippen LogP contribution in [0.2, 0.25) is 0 Å². The highest BCUT2D eigenvalue weighted by Gasteiger charge is 2.15. The monoisotopic (exact) mass is 382 g/mol. The van der Waals surface area contributed by atoms with Crippen molar-refractivity contribution in [2.75, 3.05) is 19.5 Å². The molecule has 5 nitrogen and oxygen atoms in total. The molecular formula is C21H22N2O3S. The van der Waals surface area contributed by atoms with Gasteiger partial charge in [-0.3, -0.25) is 4.79 Å². The zero-order valence-electron chi connectivity index (χ0n) is 15.6. The Morgan fingerprint density at radius 3 is 2.63 bits per heavy atom. The van der Waals surface area contributed by atoms with Crippen LogP contribution in [0.25, 0.3) is 11.3 Å². The van der Waals surface area contributed by atoms with Gasteiger partial charge in [-0.15, -0.1) is 11.3 Å². The van der Waals surface area contributed by atoms with Crippen LogP contribution in [0.1, 0.15) is 24.8 Å². The lowest BCUT2D eigenvalue weighted by atomic mass is 9.98. The Kier molecular flexibility index (Phi) is 6.08. The van der Waals surface area contributed by atoms with Gasteiger partial charge in [0, 0.05) is 17.4 Å². The first-order chi connectivity index (χ1) is 13.1. The number of anilines is 1. The van der Waals surface area contributed by atoms with Crippen molar-refractivity contribution >= 4 is 22.4 Å². The van der Waals surface area contributed by atoms with Crippen LogP contribution in [0.4, 0.5) is 5.13 Å². The van der Waals surface area contributed by atoms with Crippen molar-refractivity contribution in [3.63, 3.8) is 0 Å². The van der Waals surface area contributed by atoms with Gasteiger partial charge in [0.25, 0.3) is 0 Å². The summed E-state index contributed by atoms with van der Waals surface area (Å²) in [6.45, 7) is 2.04. The molecule has 0 bridgehead atoms. The number of amides is 1. The molecule has 0 saturated heterocycles. The SMILES string of the molecule is COc1ccc(OC)c(-c2csc(NC(=O)CC(C)c3ccccc3)n2)c1. The third kappa shape index (κ3) is 4.65. The van der Waals surface area contributed by atoms with Crippen molar-refractivity contribution in [3.8, 4) is 22.8 Å². The third-order valence-corrected chi connectivity index (χ3v) is 5.05. The fraction of sp³-hybridized carbons (Fsp3) is 0.238. The minimum absolute atomic E-state index is 0.0511. The summed E-state index contributed by atoms with van der Waals surface area (Å²) in [5, 5.41) is 5.36. The average molecular weight is 382 g/mol. The summed E-state index contributed by atoms with van der Waals surface area (Å²) in [5.41, 5.74) is 2.71. The van der Waals surface area contributed by atoms with Crippen LogP contribution in [0.5, 0.6) is 11.5 Å². The molecule has 1 unspecified atom stereocenters. The first kappa shape index (κ1) is 18.9. The molecule has 0 aliphatic rings. The van der Waals surface area contributed by atoms with E-state index in [1.54, 1.807) is 14.2 Å². The van der Waals surface area contributed by atoms with Crippen LogP contribution >= 0.6 is 11.3 Å². The van der Waals surface area contributed by atoms with Gasteiger partial charge in [0.1, 0.15) is 11.5 Å². The van der Waals surface area contributed by atoms with Gasteiger partial charge < -0.3 is 14.8 Å². The molecule has 1 heterocycles. The number of nitrogens with zero attached hydrogens (tertiary/aromatic N) is 1. The first-order valence-corrected chi connectivity index (χ1v) is 9.51. The number of hydrogen-bond donors (Lipinski definition) is 1. The molecule has 6 heteroatoms. The van der Waals surface area contributed by atoms with E-state index < -0.39 is 0 Å². The molecule has 3 rings (SSSR count). The van der Waals surface area contributed by atoms with E-state index in [4.69, 9.17) is 9.47 Å². The van der Waals surface area contributed by atoms with Crippen molar-refractivity contribution in [2.45, 2.75) is 19.3 Å². The first-order valence-electron chi connectivity index (χ1n) is 8.63. The maximum atomic E-state index is 12.4. The molecule has 0 aliphatic carbocycles. The fourth-order valence-corrected chi connectivity index (χ4v) is 3.54. The fourth-order valence-electron chi connectivity index (χ4n) is 2.82. The standard InChI is InChI=1S/C21H22N2O3S/c1-14(15-7-5-4-6-8-15)11-20(24)23-21-22-18(13-27-21)17-12-16(25-2)9-10-19(17)26-3/h4-10,12-14H,11H2,1-3H3,(H,22,23,24). The number of thiazole rings is 1. The number of carbonyl (C=O) groups excluding carboxylic acids is 1. The highest BCUT2D eigenvalue weighted by Crippen LogP contribution is 2.35. The van der Waals surface area contributed by atoms with E-state index in [-0.39, 0.29) is 11.8 Å². The maximum Gasteiger partial charge on any atom is 0.226 e. The summed E-state index contributed by atoms with van der Waals surface area (Å²) in [6, 6.07) is 15.6. The zero-order valence-corrected chi connectivity index (χ0v) is 16.4. The number of nitrogens with one attached hydrogen (secondary N) is 1. The molecule has 0 radical (unpaired) electrons.